The average Bonchev–Trinajstić information content (AvgIpc) is 3.10. The molecule has 3 aromatic carbocycles. The minimum Gasteiger partial charge on any atom is -0.308 e. The number of hydrogen-bond donors (Lipinski definition) is 2. The van der Waals surface area contributed by atoms with Crippen LogP contribution in [0.2, 0.25) is 5.02 Å². The van der Waals surface area contributed by atoms with E-state index in [0.29, 0.717) is 10.2 Å². The van der Waals surface area contributed by atoms with Gasteiger partial charge in [0.25, 0.3) is 0 Å². The zero-order chi connectivity index (χ0) is 21.1. The molecular formula is C23H18ClN3OS2. The molecule has 30 heavy (non-hydrogen) atoms. The predicted octanol–water partition coefficient (Wildman–Crippen LogP) is 5.90. The smallest absolute Gasteiger partial charge is 0.238 e. The number of amides is 1. The molecule has 2 N–H and O–H groups in total. The van der Waals surface area contributed by atoms with E-state index in [2.05, 4.69) is 15.6 Å². The molecule has 0 fully saturated rings. The third-order valence-electron chi connectivity index (χ3n) is 4.65. The number of carbonyl (C=O) groups is 1. The first-order chi connectivity index (χ1) is 14.5. The van der Waals surface area contributed by atoms with Crippen molar-refractivity contribution in [1.29, 1.82) is 0 Å². The monoisotopic (exact) mass is 451 g/mol. The molecule has 0 aliphatic heterocycles. The molecule has 7 heteroatoms. The van der Waals surface area contributed by atoms with Crippen molar-refractivity contribution < 1.29 is 4.79 Å². The standard InChI is InChI=1S/C23H18ClN3OS2/c1-14-12-19-18(13-17(14)24)25-23(30-19)27-22(29)26-21(28)20(15-8-4-2-5-9-15)16-10-6-3-7-11-16/h2-13,20H,1H3,(H2,25,26,27,28,29). The minimum atomic E-state index is -0.469. The first-order valence-corrected chi connectivity index (χ1v) is 10.9. The van der Waals surface area contributed by atoms with Crippen molar-refractivity contribution in [3.8, 4) is 0 Å². The summed E-state index contributed by atoms with van der Waals surface area (Å²) in [7, 11) is 0. The molecule has 4 rings (SSSR count). The predicted molar refractivity (Wildman–Crippen MR) is 128 cm³/mol. The third-order valence-corrected chi connectivity index (χ3v) is 6.20. The highest BCUT2D eigenvalue weighted by molar-refractivity contribution is 7.80. The molecule has 0 atom stereocenters. The maximum Gasteiger partial charge on any atom is 0.238 e. The highest BCUT2D eigenvalue weighted by Gasteiger charge is 2.23. The second-order valence-corrected chi connectivity index (χ2v) is 8.63. The Bertz CT molecular complexity index is 1130. The van der Waals surface area contributed by atoms with E-state index >= 15 is 0 Å². The quantitative estimate of drug-likeness (QED) is 0.379. The lowest BCUT2D eigenvalue weighted by molar-refractivity contribution is -0.120. The Morgan fingerprint density at radius 1 is 1.03 bits per heavy atom. The molecule has 0 aliphatic carbocycles. The van der Waals surface area contributed by atoms with Crippen molar-refractivity contribution in [2.24, 2.45) is 0 Å². The third kappa shape index (κ3) is 4.51. The first-order valence-electron chi connectivity index (χ1n) is 9.29. The Kier molecular flexibility index (Phi) is 6.08. The fourth-order valence-electron chi connectivity index (χ4n) is 3.20. The Morgan fingerprint density at radius 2 is 1.63 bits per heavy atom. The van der Waals surface area contributed by atoms with E-state index in [4.69, 9.17) is 23.8 Å². The van der Waals surface area contributed by atoms with Crippen LogP contribution in [0.3, 0.4) is 0 Å². The molecule has 0 radical (unpaired) electrons. The fraction of sp³-hybridized carbons (Fsp3) is 0.0870. The van der Waals surface area contributed by atoms with E-state index in [1.165, 1.54) is 11.3 Å². The molecule has 0 unspecified atom stereocenters. The van der Waals surface area contributed by atoms with E-state index in [1.54, 1.807) is 0 Å². The molecular weight excluding hydrogens is 434 g/mol. The summed E-state index contributed by atoms with van der Waals surface area (Å²) in [6, 6.07) is 23.1. The van der Waals surface area contributed by atoms with Gasteiger partial charge in [-0.05, 0) is 48.0 Å². The first kappa shape index (κ1) is 20.5. The number of halogens is 1. The maximum absolute atomic E-state index is 13.1. The molecule has 150 valence electrons. The van der Waals surface area contributed by atoms with E-state index in [0.717, 1.165) is 26.9 Å². The average molecular weight is 452 g/mol. The highest BCUT2D eigenvalue weighted by atomic mass is 35.5. The number of aryl methyl sites for hydroxylation is 1. The number of carbonyl (C=O) groups excluding carboxylic acids is 1. The Morgan fingerprint density at radius 3 is 2.23 bits per heavy atom. The fourth-order valence-corrected chi connectivity index (χ4v) is 4.57. The summed E-state index contributed by atoms with van der Waals surface area (Å²) < 4.78 is 1.000. The largest absolute Gasteiger partial charge is 0.308 e. The Balaban J connectivity index is 1.53. The number of hydrogen-bond acceptors (Lipinski definition) is 4. The Hall–Kier alpha value is -2.80. The van der Waals surface area contributed by atoms with Gasteiger partial charge in [-0.3, -0.25) is 4.79 Å². The SMILES string of the molecule is Cc1cc2sc(NC(=S)NC(=O)C(c3ccccc3)c3ccccc3)nc2cc1Cl. The van der Waals surface area contributed by atoms with Crippen molar-refractivity contribution in [2.45, 2.75) is 12.8 Å². The number of thiazole rings is 1. The summed E-state index contributed by atoms with van der Waals surface area (Å²) in [6.45, 7) is 1.95. The number of thiocarbonyl (C=S) groups is 1. The Labute approximate surface area is 188 Å². The molecule has 0 saturated heterocycles. The van der Waals surface area contributed by atoms with Crippen LogP contribution in [0.5, 0.6) is 0 Å². The van der Waals surface area contributed by atoms with Crippen LogP contribution in [-0.2, 0) is 4.79 Å². The van der Waals surface area contributed by atoms with Crippen LogP contribution in [-0.4, -0.2) is 16.0 Å². The van der Waals surface area contributed by atoms with Gasteiger partial charge >= 0.3 is 0 Å². The summed E-state index contributed by atoms with van der Waals surface area (Å²) in [5.41, 5.74) is 3.57. The van der Waals surface area contributed by atoms with E-state index in [-0.39, 0.29) is 11.0 Å². The van der Waals surface area contributed by atoms with Crippen molar-refractivity contribution in [2.75, 3.05) is 5.32 Å². The van der Waals surface area contributed by atoms with Crippen LogP contribution in [0.4, 0.5) is 5.13 Å². The lowest BCUT2D eigenvalue weighted by Gasteiger charge is -2.18. The lowest BCUT2D eigenvalue weighted by Crippen LogP contribution is -2.37. The summed E-state index contributed by atoms with van der Waals surface area (Å²) in [5, 5.41) is 7.32. The van der Waals surface area contributed by atoms with Gasteiger partial charge in [-0.15, -0.1) is 0 Å². The van der Waals surface area contributed by atoms with Crippen molar-refractivity contribution in [3.05, 3.63) is 94.5 Å². The normalized spacial score (nSPS) is 10.9. The van der Waals surface area contributed by atoms with Crippen LogP contribution < -0.4 is 10.6 Å². The number of nitrogens with one attached hydrogen (secondary N) is 2. The zero-order valence-electron chi connectivity index (χ0n) is 16.1. The van der Waals surface area contributed by atoms with Crippen LogP contribution in [0, 0.1) is 6.92 Å². The van der Waals surface area contributed by atoms with Gasteiger partial charge in [0.15, 0.2) is 10.2 Å². The van der Waals surface area contributed by atoms with Gasteiger partial charge in [-0.25, -0.2) is 4.98 Å². The van der Waals surface area contributed by atoms with E-state index in [9.17, 15) is 4.79 Å². The molecule has 0 spiro atoms. The van der Waals surface area contributed by atoms with Crippen molar-refractivity contribution >= 4 is 61.5 Å². The maximum atomic E-state index is 13.1. The van der Waals surface area contributed by atoms with Gasteiger partial charge in [0.2, 0.25) is 5.91 Å². The minimum absolute atomic E-state index is 0.204. The number of aromatic nitrogens is 1. The molecule has 1 aromatic heterocycles. The molecule has 0 bridgehead atoms. The zero-order valence-corrected chi connectivity index (χ0v) is 18.4. The second kappa shape index (κ2) is 8.92. The second-order valence-electron chi connectivity index (χ2n) is 6.79. The molecule has 4 nitrogen and oxygen atoms in total. The summed E-state index contributed by atoms with van der Waals surface area (Å²) in [4.78, 5) is 17.6. The van der Waals surface area contributed by atoms with Gasteiger partial charge in [-0.1, -0.05) is 83.6 Å². The lowest BCUT2D eigenvalue weighted by atomic mass is 9.90. The van der Waals surface area contributed by atoms with Crippen molar-refractivity contribution in [1.82, 2.24) is 10.3 Å². The van der Waals surface area contributed by atoms with Crippen LogP contribution in [0.1, 0.15) is 22.6 Å². The number of rotatable bonds is 4. The van der Waals surface area contributed by atoms with Crippen molar-refractivity contribution in [3.63, 3.8) is 0 Å². The molecule has 0 saturated carbocycles. The van der Waals surface area contributed by atoms with Crippen LogP contribution in [0.15, 0.2) is 72.8 Å². The number of benzene rings is 3. The summed E-state index contributed by atoms with van der Waals surface area (Å²) >= 11 is 13.0. The van der Waals surface area contributed by atoms with Gasteiger partial charge in [-0.2, -0.15) is 0 Å². The highest BCUT2D eigenvalue weighted by Crippen LogP contribution is 2.30. The topological polar surface area (TPSA) is 54.0 Å². The molecule has 1 heterocycles. The van der Waals surface area contributed by atoms with Gasteiger partial charge in [0.1, 0.15) is 0 Å². The molecule has 0 aliphatic rings. The van der Waals surface area contributed by atoms with E-state index in [1.807, 2.05) is 79.7 Å². The van der Waals surface area contributed by atoms with Gasteiger partial charge < -0.3 is 10.6 Å². The summed E-state index contributed by atoms with van der Waals surface area (Å²) in [5.74, 6) is -0.672. The van der Waals surface area contributed by atoms with Gasteiger partial charge in [0, 0.05) is 5.02 Å². The number of nitrogens with zero attached hydrogens (tertiary/aromatic N) is 1. The van der Waals surface area contributed by atoms with Crippen LogP contribution >= 0.6 is 35.2 Å². The number of anilines is 1. The van der Waals surface area contributed by atoms with E-state index < -0.39 is 5.92 Å². The molecule has 4 aromatic rings. The number of fused-ring (bicyclic) bond motifs is 1. The van der Waals surface area contributed by atoms with Gasteiger partial charge in [0.05, 0.1) is 16.1 Å². The molecule has 1 amide bonds. The van der Waals surface area contributed by atoms with Crippen LogP contribution in [0.25, 0.3) is 10.2 Å². The summed E-state index contributed by atoms with van der Waals surface area (Å²) in [6.07, 6.45) is 0.